The van der Waals surface area contributed by atoms with Crippen molar-refractivity contribution in [3.05, 3.63) is 64.5 Å². The summed E-state index contributed by atoms with van der Waals surface area (Å²) in [5.74, 6) is 2.79. The van der Waals surface area contributed by atoms with E-state index in [-0.39, 0.29) is 23.5 Å². The minimum Gasteiger partial charge on any atom is -0.497 e. The van der Waals surface area contributed by atoms with E-state index in [9.17, 15) is 14.3 Å². The normalized spacial score (nSPS) is 27.0. The zero-order chi connectivity index (χ0) is 29.6. The standard InChI is InChI=1S/C33H42FN5O3/c1-20-27-14-22(33(27,2)3)15-29(20)37-32(38-12-5-6-24(40)18-38)36-23-8-10-26-30(16-23)35-19-39(31(26)41)13-11-21-7-9-25(42-4)17-28(21)34/h7-10,16-17,19-20,22,24,27,29,40H,5-6,11-15,18H2,1-4H3,(H,36,37)/t20-,22-,24?,27+,29-/m0/s1. The second-order valence-electron chi connectivity index (χ2n) is 13.0. The molecule has 42 heavy (non-hydrogen) atoms. The highest BCUT2D eigenvalue weighted by atomic mass is 19.1. The summed E-state index contributed by atoms with van der Waals surface area (Å²) in [6.07, 6.45) is 5.63. The van der Waals surface area contributed by atoms with Gasteiger partial charge < -0.3 is 20.1 Å². The lowest BCUT2D eigenvalue weighted by atomic mass is 9.45. The van der Waals surface area contributed by atoms with Gasteiger partial charge in [-0.3, -0.25) is 9.36 Å². The number of aliphatic hydroxyl groups is 1. The van der Waals surface area contributed by atoms with Crippen LogP contribution >= 0.6 is 0 Å². The van der Waals surface area contributed by atoms with E-state index < -0.39 is 0 Å². The molecule has 9 heteroatoms. The largest absolute Gasteiger partial charge is 0.497 e. The average molecular weight is 576 g/mol. The van der Waals surface area contributed by atoms with Crippen LogP contribution in [0.4, 0.5) is 10.1 Å². The highest BCUT2D eigenvalue weighted by molar-refractivity contribution is 5.96. The van der Waals surface area contributed by atoms with Gasteiger partial charge in [0.2, 0.25) is 0 Å². The number of methoxy groups -OCH3 is 1. The van der Waals surface area contributed by atoms with E-state index in [2.05, 4.69) is 36.0 Å². The predicted molar refractivity (Wildman–Crippen MR) is 163 cm³/mol. The van der Waals surface area contributed by atoms with Crippen molar-refractivity contribution in [1.29, 1.82) is 0 Å². The van der Waals surface area contributed by atoms with Crippen LogP contribution in [-0.2, 0) is 13.0 Å². The van der Waals surface area contributed by atoms with E-state index in [4.69, 9.17) is 9.73 Å². The van der Waals surface area contributed by atoms with Crippen LogP contribution in [0, 0.1) is 29.0 Å². The molecule has 1 unspecified atom stereocenters. The van der Waals surface area contributed by atoms with E-state index in [0.29, 0.717) is 64.9 Å². The molecule has 2 heterocycles. The van der Waals surface area contributed by atoms with Crippen LogP contribution in [0.25, 0.3) is 10.9 Å². The highest BCUT2D eigenvalue weighted by Gasteiger charge is 2.56. The molecule has 2 bridgehead atoms. The van der Waals surface area contributed by atoms with Gasteiger partial charge >= 0.3 is 0 Å². The predicted octanol–water partition coefficient (Wildman–Crippen LogP) is 5.08. The minimum absolute atomic E-state index is 0.161. The SMILES string of the molecule is COc1ccc(CCn2cnc3cc(NC(=N[C@H]4C[C@@H]5C[C@H]([C@@H]4C)C5(C)C)N4CCCC(O)C4)ccc3c2=O)c(F)c1. The third kappa shape index (κ3) is 5.39. The van der Waals surface area contributed by atoms with Crippen LogP contribution in [0.15, 0.2) is 52.5 Å². The fourth-order valence-corrected chi connectivity index (χ4v) is 7.41. The number of ether oxygens (including phenoxy) is 1. The first kappa shape index (κ1) is 28.6. The molecule has 2 aromatic carbocycles. The molecule has 5 atom stereocenters. The number of aliphatic hydroxyl groups excluding tert-OH is 1. The molecule has 0 spiro atoms. The molecule has 3 aromatic rings. The number of aryl methyl sites for hydroxylation is 2. The average Bonchev–Trinajstić information content (AvgIpc) is 2.97. The van der Waals surface area contributed by atoms with Crippen LogP contribution in [0.1, 0.15) is 52.0 Å². The molecule has 7 rings (SSSR count). The summed E-state index contributed by atoms with van der Waals surface area (Å²) in [6, 6.07) is 10.6. The van der Waals surface area contributed by atoms with E-state index >= 15 is 0 Å². The Kier molecular flexibility index (Phi) is 7.72. The maximum absolute atomic E-state index is 14.4. The Bertz CT molecular complexity index is 1550. The second kappa shape index (κ2) is 11.3. The quantitative estimate of drug-likeness (QED) is 0.315. The number of nitrogens with zero attached hydrogens (tertiary/aromatic N) is 4. The number of fused-ring (bicyclic) bond motifs is 3. The topological polar surface area (TPSA) is 92.0 Å². The zero-order valence-electron chi connectivity index (χ0n) is 25.0. The molecule has 1 saturated heterocycles. The number of anilines is 1. The number of β-amino-alcohol motifs (C(OH)–C–C–N with tert-alkyl or cyclic N) is 1. The molecular formula is C33H42FN5O3. The number of halogens is 1. The maximum Gasteiger partial charge on any atom is 0.261 e. The van der Waals surface area contributed by atoms with Crippen molar-refractivity contribution in [2.24, 2.45) is 28.2 Å². The Morgan fingerprint density at radius 3 is 2.79 bits per heavy atom. The number of nitrogens with one attached hydrogen (secondary N) is 1. The monoisotopic (exact) mass is 575 g/mol. The summed E-state index contributed by atoms with van der Waals surface area (Å²) in [7, 11) is 1.50. The first-order valence-corrected chi connectivity index (χ1v) is 15.2. The Balaban J connectivity index is 1.22. The van der Waals surface area contributed by atoms with Crippen molar-refractivity contribution >= 4 is 22.5 Å². The van der Waals surface area contributed by atoms with Crippen molar-refractivity contribution < 1.29 is 14.2 Å². The van der Waals surface area contributed by atoms with E-state index in [1.165, 1.54) is 30.5 Å². The number of hydrogen-bond donors (Lipinski definition) is 2. The third-order valence-electron chi connectivity index (χ3n) is 10.3. The zero-order valence-corrected chi connectivity index (χ0v) is 25.0. The number of rotatable bonds is 6. The van der Waals surface area contributed by atoms with Crippen molar-refractivity contribution in [2.75, 3.05) is 25.5 Å². The first-order valence-electron chi connectivity index (χ1n) is 15.2. The van der Waals surface area contributed by atoms with Gasteiger partial charge in [-0.05, 0) is 85.1 Å². The van der Waals surface area contributed by atoms with Gasteiger partial charge in [0.15, 0.2) is 5.96 Å². The van der Waals surface area contributed by atoms with Crippen molar-refractivity contribution in [3.8, 4) is 5.75 Å². The lowest BCUT2D eigenvalue weighted by Gasteiger charge is -2.61. The third-order valence-corrected chi connectivity index (χ3v) is 10.3. The fourth-order valence-electron chi connectivity index (χ4n) is 7.41. The van der Waals surface area contributed by atoms with Crippen LogP contribution in [0.5, 0.6) is 5.75 Å². The fraction of sp³-hybridized carbons (Fsp3) is 0.545. The number of benzene rings is 2. The molecule has 0 radical (unpaired) electrons. The van der Waals surface area contributed by atoms with Gasteiger partial charge in [-0.15, -0.1) is 0 Å². The summed E-state index contributed by atoms with van der Waals surface area (Å²) < 4.78 is 21.0. The Morgan fingerprint density at radius 1 is 1.24 bits per heavy atom. The summed E-state index contributed by atoms with van der Waals surface area (Å²) >= 11 is 0. The van der Waals surface area contributed by atoms with E-state index in [1.807, 2.05) is 12.1 Å². The van der Waals surface area contributed by atoms with E-state index in [0.717, 1.165) is 37.5 Å². The molecule has 1 aromatic heterocycles. The van der Waals surface area contributed by atoms with Gasteiger partial charge in [-0.2, -0.15) is 0 Å². The van der Waals surface area contributed by atoms with Gasteiger partial charge in [0, 0.05) is 31.4 Å². The van der Waals surface area contributed by atoms with Crippen LogP contribution in [0.2, 0.25) is 0 Å². The van der Waals surface area contributed by atoms with Crippen molar-refractivity contribution in [3.63, 3.8) is 0 Å². The molecule has 0 amide bonds. The van der Waals surface area contributed by atoms with Crippen LogP contribution in [0.3, 0.4) is 0 Å². The molecule has 4 fully saturated rings. The Morgan fingerprint density at radius 2 is 2.07 bits per heavy atom. The molecule has 3 aliphatic carbocycles. The van der Waals surface area contributed by atoms with Crippen molar-refractivity contribution in [1.82, 2.24) is 14.5 Å². The summed E-state index contributed by atoms with van der Waals surface area (Å²) in [5.41, 5.74) is 2.14. The van der Waals surface area contributed by atoms with Crippen LogP contribution < -0.4 is 15.6 Å². The maximum atomic E-state index is 14.4. The number of guanidine groups is 1. The smallest absolute Gasteiger partial charge is 0.261 e. The summed E-state index contributed by atoms with van der Waals surface area (Å²) in [4.78, 5) is 25.3. The Hall–Kier alpha value is -3.46. The van der Waals surface area contributed by atoms with Crippen molar-refractivity contribution in [2.45, 2.75) is 71.6 Å². The molecule has 3 saturated carbocycles. The van der Waals surface area contributed by atoms with Crippen LogP contribution in [-0.4, -0.2) is 57.9 Å². The number of piperidine rings is 1. The molecule has 224 valence electrons. The summed E-state index contributed by atoms with van der Waals surface area (Å²) in [6.45, 7) is 8.85. The lowest BCUT2D eigenvalue weighted by Crippen LogP contribution is -2.57. The molecular weight excluding hydrogens is 533 g/mol. The lowest BCUT2D eigenvalue weighted by molar-refractivity contribution is -0.108. The molecule has 8 nitrogen and oxygen atoms in total. The van der Waals surface area contributed by atoms with Gasteiger partial charge in [0.25, 0.3) is 5.56 Å². The number of aliphatic imine (C=N–C) groups is 1. The minimum atomic E-state index is -0.370. The number of hydrogen-bond acceptors (Lipinski definition) is 5. The van der Waals surface area contributed by atoms with Gasteiger partial charge in [-0.1, -0.05) is 26.8 Å². The van der Waals surface area contributed by atoms with Gasteiger partial charge in [-0.25, -0.2) is 14.4 Å². The second-order valence-corrected chi connectivity index (χ2v) is 13.0. The van der Waals surface area contributed by atoms with Gasteiger partial charge in [0.05, 0.1) is 36.5 Å². The number of aromatic nitrogens is 2. The first-order chi connectivity index (χ1) is 20.1. The van der Waals surface area contributed by atoms with E-state index in [1.54, 1.807) is 18.2 Å². The molecule has 1 aliphatic heterocycles. The number of likely N-dealkylation sites (tertiary alicyclic amines) is 1. The highest BCUT2D eigenvalue weighted by Crippen LogP contribution is 2.61. The Labute approximate surface area is 246 Å². The van der Waals surface area contributed by atoms with Gasteiger partial charge in [0.1, 0.15) is 11.6 Å². The summed E-state index contributed by atoms with van der Waals surface area (Å²) in [5, 5.41) is 14.5. The molecule has 4 aliphatic rings. The molecule has 2 N–H and O–H groups in total.